The molecule has 0 atom stereocenters. The van der Waals surface area contributed by atoms with Gasteiger partial charge in [-0.3, -0.25) is 9.78 Å². The molecule has 0 aliphatic heterocycles. The molecular weight excluding hydrogens is 204 g/mol. The van der Waals surface area contributed by atoms with Crippen LogP contribution in [-0.2, 0) is 0 Å². The Morgan fingerprint density at radius 2 is 2.19 bits per heavy atom. The molecule has 4 heteroatoms. The molecule has 1 heterocycles. The summed E-state index contributed by atoms with van der Waals surface area (Å²) in [6.45, 7) is 4.42. The standard InChI is InChI=1S/C12H18N2O2/c1-9(2)11-5-4-10(8-13-11)12(16)14(3)6-7-15/h4-5,8-9,15H,6-7H2,1-3H3. The van der Waals surface area contributed by atoms with Crippen molar-refractivity contribution in [2.24, 2.45) is 0 Å². The summed E-state index contributed by atoms with van der Waals surface area (Å²) in [7, 11) is 1.66. The van der Waals surface area contributed by atoms with Crippen LogP contribution in [-0.4, -0.2) is 41.1 Å². The van der Waals surface area contributed by atoms with Crippen molar-refractivity contribution >= 4 is 5.91 Å². The van der Waals surface area contributed by atoms with Crippen molar-refractivity contribution < 1.29 is 9.90 Å². The first-order valence-electron chi connectivity index (χ1n) is 5.38. The third-order valence-electron chi connectivity index (χ3n) is 2.41. The lowest BCUT2D eigenvalue weighted by Gasteiger charge is -2.15. The molecule has 0 radical (unpaired) electrons. The topological polar surface area (TPSA) is 53.4 Å². The van der Waals surface area contributed by atoms with Gasteiger partial charge >= 0.3 is 0 Å². The molecular formula is C12H18N2O2. The number of hydrogen-bond donors (Lipinski definition) is 1. The molecule has 1 amide bonds. The molecule has 0 fully saturated rings. The van der Waals surface area contributed by atoms with Gasteiger partial charge in [-0.2, -0.15) is 0 Å². The van der Waals surface area contributed by atoms with Gasteiger partial charge in [-0.05, 0) is 18.1 Å². The van der Waals surface area contributed by atoms with E-state index in [-0.39, 0.29) is 12.5 Å². The molecule has 0 aliphatic carbocycles. The zero-order chi connectivity index (χ0) is 12.1. The molecule has 88 valence electrons. The van der Waals surface area contributed by atoms with E-state index in [1.807, 2.05) is 6.07 Å². The van der Waals surface area contributed by atoms with E-state index >= 15 is 0 Å². The van der Waals surface area contributed by atoms with Crippen LogP contribution in [0.2, 0.25) is 0 Å². The number of nitrogens with zero attached hydrogens (tertiary/aromatic N) is 2. The number of amides is 1. The van der Waals surface area contributed by atoms with Gasteiger partial charge in [-0.25, -0.2) is 0 Å². The first-order valence-corrected chi connectivity index (χ1v) is 5.38. The van der Waals surface area contributed by atoms with Crippen molar-refractivity contribution in [3.05, 3.63) is 29.6 Å². The fraction of sp³-hybridized carbons (Fsp3) is 0.500. The Hall–Kier alpha value is -1.42. The van der Waals surface area contributed by atoms with Gasteiger partial charge in [-0.1, -0.05) is 13.8 Å². The van der Waals surface area contributed by atoms with Crippen LogP contribution in [0.15, 0.2) is 18.3 Å². The highest BCUT2D eigenvalue weighted by molar-refractivity contribution is 5.93. The van der Waals surface area contributed by atoms with E-state index in [9.17, 15) is 4.79 Å². The molecule has 0 aromatic carbocycles. The van der Waals surface area contributed by atoms with Gasteiger partial charge in [0.1, 0.15) is 0 Å². The minimum Gasteiger partial charge on any atom is -0.395 e. The van der Waals surface area contributed by atoms with Crippen LogP contribution in [0.1, 0.15) is 35.8 Å². The van der Waals surface area contributed by atoms with Crippen LogP contribution in [0.25, 0.3) is 0 Å². The highest BCUT2D eigenvalue weighted by Crippen LogP contribution is 2.12. The second-order valence-electron chi connectivity index (χ2n) is 4.08. The number of carbonyl (C=O) groups excluding carboxylic acids is 1. The molecule has 1 aromatic rings. The normalized spacial score (nSPS) is 10.6. The SMILES string of the molecule is CC(C)c1ccc(C(=O)N(C)CCO)cn1. The smallest absolute Gasteiger partial charge is 0.255 e. The summed E-state index contributed by atoms with van der Waals surface area (Å²) in [6, 6.07) is 3.64. The fourth-order valence-corrected chi connectivity index (χ4v) is 1.35. The summed E-state index contributed by atoms with van der Waals surface area (Å²) in [4.78, 5) is 17.5. The number of aliphatic hydroxyl groups excluding tert-OH is 1. The van der Waals surface area contributed by atoms with Crippen molar-refractivity contribution in [2.45, 2.75) is 19.8 Å². The molecule has 1 rings (SSSR count). The van der Waals surface area contributed by atoms with E-state index in [0.29, 0.717) is 18.0 Å². The van der Waals surface area contributed by atoms with Crippen molar-refractivity contribution in [3.8, 4) is 0 Å². The van der Waals surface area contributed by atoms with Gasteiger partial charge in [0.2, 0.25) is 0 Å². The maximum absolute atomic E-state index is 11.8. The second kappa shape index (κ2) is 5.61. The molecule has 1 N–H and O–H groups in total. The average molecular weight is 222 g/mol. The van der Waals surface area contributed by atoms with Gasteiger partial charge in [0.05, 0.1) is 12.2 Å². The first-order chi connectivity index (χ1) is 7.56. The van der Waals surface area contributed by atoms with E-state index in [1.165, 1.54) is 4.90 Å². The van der Waals surface area contributed by atoms with E-state index in [1.54, 1.807) is 19.3 Å². The van der Waals surface area contributed by atoms with Gasteiger partial charge in [0.25, 0.3) is 5.91 Å². The molecule has 0 saturated carbocycles. The summed E-state index contributed by atoms with van der Waals surface area (Å²) >= 11 is 0. The van der Waals surface area contributed by atoms with Gasteiger partial charge in [0.15, 0.2) is 0 Å². The van der Waals surface area contributed by atoms with Crippen LogP contribution in [0, 0.1) is 0 Å². The van der Waals surface area contributed by atoms with E-state index < -0.39 is 0 Å². The maximum Gasteiger partial charge on any atom is 0.255 e. The average Bonchev–Trinajstić information content (AvgIpc) is 2.28. The molecule has 0 saturated heterocycles. The molecule has 4 nitrogen and oxygen atoms in total. The van der Waals surface area contributed by atoms with Crippen LogP contribution < -0.4 is 0 Å². The van der Waals surface area contributed by atoms with Crippen molar-refractivity contribution in [1.29, 1.82) is 0 Å². The van der Waals surface area contributed by atoms with Crippen LogP contribution in [0.3, 0.4) is 0 Å². The molecule has 0 aliphatic rings. The second-order valence-corrected chi connectivity index (χ2v) is 4.08. The molecule has 0 spiro atoms. The Morgan fingerprint density at radius 3 is 2.62 bits per heavy atom. The Morgan fingerprint density at radius 1 is 1.50 bits per heavy atom. The Balaban J connectivity index is 2.77. The number of aromatic nitrogens is 1. The molecule has 16 heavy (non-hydrogen) atoms. The highest BCUT2D eigenvalue weighted by atomic mass is 16.3. The molecule has 0 bridgehead atoms. The monoisotopic (exact) mass is 222 g/mol. The predicted octanol–water partition coefficient (Wildman–Crippen LogP) is 1.27. The first kappa shape index (κ1) is 12.6. The lowest BCUT2D eigenvalue weighted by Crippen LogP contribution is -2.29. The largest absolute Gasteiger partial charge is 0.395 e. The van der Waals surface area contributed by atoms with Crippen LogP contribution >= 0.6 is 0 Å². The maximum atomic E-state index is 11.8. The zero-order valence-corrected chi connectivity index (χ0v) is 9.97. The minimum absolute atomic E-state index is 0.0280. The zero-order valence-electron chi connectivity index (χ0n) is 9.97. The molecule has 0 unspecified atom stereocenters. The number of carbonyl (C=O) groups is 1. The predicted molar refractivity (Wildman–Crippen MR) is 62.4 cm³/mol. The summed E-state index contributed by atoms with van der Waals surface area (Å²) in [5.41, 5.74) is 1.53. The number of aliphatic hydroxyl groups is 1. The summed E-state index contributed by atoms with van der Waals surface area (Å²) < 4.78 is 0. The Bertz CT molecular complexity index is 347. The Kier molecular flexibility index (Phi) is 4.43. The van der Waals surface area contributed by atoms with E-state index in [4.69, 9.17) is 5.11 Å². The summed E-state index contributed by atoms with van der Waals surface area (Å²) in [6.07, 6.45) is 1.59. The van der Waals surface area contributed by atoms with Crippen LogP contribution in [0.5, 0.6) is 0 Å². The summed E-state index contributed by atoms with van der Waals surface area (Å²) in [5, 5.41) is 8.74. The Labute approximate surface area is 95.9 Å². The van der Waals surface area contributed by atoms with E-state index in [0.717, 1.165) is 5.69 Å². The number of hydrogen-bond acceptors (Lipinski definition) is 3. The van der Waals surface area contributed by atoms with Crippen molar-refractivity contribution in [2.75, 3.05) is 20.2 Å². The molecule has 1 aromatic heterocycles. The van der Waals surface area contributed by atoms with Crippen LogP contribution in [0.4, 0.5) is 0 Å². The fourth-order valence-electron chi connectivity index (χ4n) is 1.35. The quantitative estimate of drug-likeness (QED) is 0.834. The highest BCUT2D eigenvalue weighted by Gasteiger charge is 2.11. The van der Waals surface area contributed by atoms with Gasteiger partial charge in [0, 0.05) is 25.5 Å². The number of likely N-dealkylation sites (N-methyl/N-ethyl adjacent to an activating group) is 1. The number of rotatable bonds is 4. The minimum atomic E-state index is -0.114. The van der Waals surface area contributed by atoms with Crippen molar-refractivity contribution in [3.63, 3.8) is 0 Å². The third-order valence-corrected chi connectivity index (χ3v) is 2.41. The lowest BCUT2D eigenvalue weighted by molar-refractivity contribution is 0.0766. The summed E-state index contributed by atoms with van der Waals surface area (Å²) in [5.74, 6) is 0.246. The number of pyridine rings is 1. The van der Waals surface area contributed by atoms with Gasteiger partial charge in [-0.15, -0.1) is 0 Å². The van der Waals surface area contributed by atoms with Gasteiger partial charge < -0.3 is 10.0 Å². The lowest BCUT2D eigenvalue weighted by atomic mass is 10.1. The van der Waals surface area contributed by atoms with E-state index in [2.05, 4.69) is 18.8 Å². The third kappa shape index (κ3) is 3.03. The van der Waals surface area contributed by atoms with Crippen molar-refractivity contribution in [1.82, 2.24) is 9.88 Å².